The zero-order chi connectivity index (χ0) is 18.4. The van der Waals surface area contributed by atoms with Crippen molar-refractivity contribution in [1.29, 1.82) is 0 Å². The molecule has 1 aliphatic rings. The van der Waals surface area contributed by atoms with Crippen molar-refractivity contribution in [3.8, 4) is 0 Å². The third-order valence-corrected chi connectivity index (χ3v) is 4.33. The predicted octanol–water partition coefficient (Wildman–Crippen LogP) is 2.84. The molecule has 2 aromatic rings. The van der Waals surface area contributed by atoms with Gasteiger partial charge in [0.15, 0.2) is 5.88 Å². The van der Waals surface area contributed by atoms with Crippen molar-refractivity contribution in [2.45, 2.75) is 19.1 Å². The molecule has 136 valence electrons. The molecule has 0 spiro atoms. The van der Waals surface area contributed by atoms with Gasteiger partial charge in [-0.15, -0.1) is 0 Å². The summed E-state index contributed by atoms with van der Waals surface area (Å²) in [6, 6.07) is 20.9. The van der Waals surface area contributed by atoms with E-state index in [1.807, 2.05) is 43.3 Å². The van der Waals surface area contributed by atoms with E-state index in [2.05, 4.69) is 29.2 Å². The minimum atomic E-state index is -0.462. The van der Waals surface area contributed by atoms with E-state index in [1.165, 1.54) is 17.2 Å². The van der Waals surface area contributed by atoms with Gasteiger partial charge in [0.1, 0.15) is 6.10 Å². The second-order valence-electron chi connectivity index (χ2n) is 6.22. The molecule has 1 aliphatic heterocycles. The van der Waals surface area contributed by atoms with E-state index in [9.17, 15) is 4.79 Å². The summed E-state index contributed by atoms with van der Waals surface area (Å²) >= 11 is 0. The number of rotatable bonds is 7. The van der Waals surface area contributed by atoms with Gasteiger partial charge in [0.25, 0.3) is 0 Å². The van der Waals surface area contributed by atoms with E-state index in [1.54, 1.807) is 0 Å². The van der Waals surface area contributed by atoms with Crippen molar-refractivity contribution in [3.05, 3.63) is 83.7 Å². The summed E-state index contributed by atoms with van der Waals surface area (Å²) in [5.74, 6) is -0.378. The SMILES string of the molecule is CCOC(N)=CC(=O)OC1CN(C(c2ccccc2)c2ccccc2)C1. The number of nitrogens with zero attached hydrogens (tertiary/aromatic N) is 1. The Bertz CT molecular complexity index is 701. The fourth-order valence-corrected chi connectivity index (χ4v) is 3.16. The minimum absolute atomic E-state index is 0.0835. The molecule has 1 saturated heterocycles. The Hall–Kier alpha value is -2.79. The first-order chi connectivity index (χ1) is 12.7. The van der Waals surface area contributed by atoms with Crippen LogP contribution < -0.4 is 5.73 Å². The van der Waals surface area contributed by atoms with E-state index >= 15 is 0 Å². The molecule has 1 heterocycles. The third-order valence-electron chi connectivity index (χ3n) is 4.33. The van der Waals surface area contributed by atoms with E-state index in [0.717, 1.165) is 0 Å². The molecule has 5 nitrogen and oxygen atoms in total. The van der Waals surface area contributed by atoms with Crippen LogP contribution in [-0.2, 0) is 14.3 Å². The van der Waals surface area contributed by atoms with Crippen LogP contribution in [0.1, 0.15) is 24.1 Å². The highest BCUT2D eigenvalue weighted by Gasteiger charge is 2.36. The average molecular weight is 352 g/mol. The van der Waals surface area contributed by atoms with E-state index in [0.29, 0.717) is 19.7 Å². The molecule has 1 fully saturated rings. The van der Waals surface area contributed by atoms with Crippen LogP contribution >= 0.6 is 0 Å². The molecule has 5 heteroatoms. The number of benzene rings is 2. The molecule has 0 aliphatic carbocycles. The van der Waals surface area contributed by atoms with Crippen LogP contribution in [-0.4, -0.2) is 36.7 Å². The third kappa shape index (κ3) is 4.43. The first-order valence-electron chi connectivity index (χ1n) is 8.82. The van der Waals surface area contributed by atoms with Crippen LogP contribution in [0.25, 0.3) is 0 Å². The van der Waals surface area contributed by atoms with Crippen LogP contribution in [0, 0.1) is 0 Å². The molecule has 0 bridgehead atoms. The highest BCUT2D eigenvalue weighted by atomic mass is 16.5. The van der Waals surface area contributed by atoms with Gasteiger partial charge >= 0.3 is 5.97 Å². The Kier molecular flexibility index (Phi) is 5.92. The van der Waals surface area contributed by atoms with Crippen LogP contribution in [0.5, 0.6) is 0 Å². The van der Waals surface area contributed by atoms with Gasteiger partial charge in [-0.25, -0.2) is 4.79 Å². The molecule has 0 radical (unpaired) electrons. The van der Waals surface area contributed by atoms with Crippen molar-refractivity contribution in [2.75, 3.05) is 19.7 Å². The zero-order valence-corrected chi connectivity index (χ0v) is 14.9. The number of hydrogen-bond acceptors (Lipinski definition) is 5. The largest absolute Gasteiger partial charge is 0.479 e. The summed E-state index contributed by atoms with van der Waals surface area (Å²) < 4.78 is 10.5. The number of hydrogen-bond donors (Lipinski definition) is 1. The lowest BCUT2D eigenvalue weighted by Gasteiger charge is -2.43. The van der Waals surface area contributed by atoms with Crippen molar-refractivity contribution < 1.29 is 14.3 Å². The maximum absolute atomic E-state index is 11.9. The highest BCUT2D eigenvalue weighted by Crippen LogP contribution is 2.32. The second-order valence-corrected chi connectivity index (χ2v) is 6.22. The van der Waals surface area contributed by atoms with Crippen molar-refractivity contribution in [2.24, 2.45) is 5.73 Å². The predicted molar refractivity (Wildman–Crippen MR) is 100 cm³/mol. The lowest BCUT2D eigenvalue weighted by molar-refractivity contribution is -0.152. The quantitative estimate of drug-likeness (QED) is 0.472. The smallest absolute Gasteiger partial charge is 0.336 e. The van der Waals surface area contributed by atoms with Gasteiger partial charge in [-0.2, -0.15) is 0 Å². The molecule has 2 N–H and O–H groups in total. The Morgan fingerprint density at radius 1 is 1.12 bits per heavy atom. The molecule has 0 saturated carbocycles. The monoisotopic (exact) mass is 352 g/mol. The van der Waals surface area contributed by atoms with Gasteiger partial charge in [0, 0.05) is 13.1 Å². The number of likely N-dealkylation sites (tertiary alicyclic amines) is 1. The maximum atomic E-state index is 11.9. The van der Waals surface area contributed by atoms with Gasteiger partial charge < -0.3 is 15.2 Å². The summed E-state index contributed by atoms with van der Waals surface area (Å²) in [5, 5.41) is 0. The van der Waals surface area contributed by atoms with Crippen LogP contribution in [0.3, 0.4) is 0 Å². The summed E-state index contributed by atoms with van der Waals surface area (Å²) in [4.78, 5) is 14.2. The number of ether oxygens (including phenoxy) is 2. The molecule has 0 amide bonds. The normalized spacial score (nSPS) is 15.5. The first-order valence-corrected chi connectivity index (χ1v) is 8.82. The second kappa shape index (κ2) is 8.54. The Morgan fingerprint density at radius 3 is 2.15 bits per heavy atom. The van der Waals surface area contributed by atoms with E-state index in [4.69, 9.17) is 15.2 Å². The van der Waals surface area contributed by atoms with Crippen LogP contribution in [0.4, 0.5) is 0 Å². The average Bonchev–Trinajstić information content (AvgIpc) is 2.62. The fourth-order valence-electron chi connectivity index (χ4n) is 3.16. The Labute approximate surface area is 154 Å². The molecule has 26 heavy (non-hydrogen) atoms. The van der Waals surface area contributed by atoms with Gasteiger partial charge in [-0.05, 0) is 18.1 Å². The van der Waals surface area contributed by atoms with Crippen LogP contribution in [0.2, 0.25) is 0 Å². The number of esters is 1. The molecule has 3 rings (SSSR count). The van der Waals surface area contributed by atoms with Crippen molar-refractivity contribution in [3.63, 3.8) is 0 Å². The molecule has 2 aromatic carbocycles. The van der Waals surface area contributed by atoms with Gasteiger partial charge in [-0.1, -0.05) is 60.7 Å². The highest BCUT2D eigenvalue weighted by molar-refractivity contribution is 5.82. The number of carbonyl (C=O) groups is 1. The molecule has 0 atom stereocenters. The van der Waals surface area contributed by atoms with E-state index in [-0.39, 0.29) is 18.0 Å². The lowest BCUT2D eigenvalue weighted by atomic mass is 9.94. The summed E-state index contributed by atoms with van der Waals surface area (Å²) in [5.41, 5.74) is 8.03. The number of carbonyl (C=O) groups excluding carboxylic acids is 1. The standard InChI is InChI=1S/C21H24N2O3/c1-2-25-19(22)13-20(24)26-18-14-23(15-18)21(16-9-5-3-6-10-16)17-11-7-4-8-12-17/h3-13,18,21H,2,14-15,22H2,1H3. The lowest BCUT2D eigenvalue weighted by Crippen LogP contribution is -2.54. The van der Waals surface area contributed by atoms with Crippen molar-refractivity contribution in [1.82, 2.24) is 4.90 Å². The van der Waals surface area contributed by atoms with Gasteiger partial charge in [0.2, 0.25) is 0 Å². The summed E-state index contributed by atoms with van der Waals surface area (Å²) in [6.07, 6.45) is 1.06. The molecule has 0 aromatic heterocycles. The Morgan fingerprint density at radius 2 is 1.65 bits per heavy atom. The minimum Gasteiger partial charge on any atom is -0.479 e. The van der Waals surface area contributed by atoms with Crippen LogP contribution in [0.15, 0.2) is 72.6 Å². The van der Waals surface area contributed by atoms with E-state index < -0.39 is 5.97 Å². The molecular weight excluding hydrogens is 328 g/mol. The molecule has 0 unspecified atom stereocenters. The zero-order valence-electron chi connectivity index (χ0n) is 14.9. The Balaban J connectivity index is 1.65. The van der Waals surface area contributed by atoms with Gasteiger partial charge in [0.05, 0.1) is 18.7 Å². The van der Waals surface area contributed by atoms with Crippen molar-refractivity contribution >= 4 is 5.97 Å². The number of nitrogens with two attached hydrogens (primary N) is 1. The summed E-state index contributed by atoms with van der Waals surface area (Å²) in [7, 11) is 0. The fraction of sp³-hybridized carbons (Fsp3) is 0.286. The maximum Gasteiger partial charge on any atom is 0.336 e. The molecular formula is C21H24N2O3. The summed E-state index contributed by atoms with van der Waals surface area (Å²) in [6.45, 7) is 3.59. The van der Waals surface area contributed by atoms with Gasteiger partial charge in [-0.3, -0.25) is 4.90 Å². The first kappa shape index (κ1) is 18.0. The topological polar surface area (TPSA) is 64.8 Å².